The van der Waals surface area contributed by atoms with Crippen molar-refractivity contribution < 1.29 is 24.2 Å². The summed E-state index contributed by atoms with van der Waals surface area (Å²) in [5.41, 5.74) is 0. The Labute approximate surface area is 182 Å². The minimum atomic E-state index is -0.689. The lowest BCUT2D eigenvalue weighted by molar-refractivity contribution is -0.154. The first-order valence-corrected chi connectivity index (χ1v) is 11.5. The Kier molecular flexibility index (Phi) is 6.97. The van der Waals surface area contributed by atoms with Gasteiger partial charge in [-0.1, -0.05) is 12.2 Å². The Morgan fingerprint density at radius 3 is 2.73 bits per heavy atom. The summed E-state index contributed by atoms with van der Waals surface area (Å²) in [7, 11) is 0. The van der Waals surface area contributed by atoms with E-state index >= 15 is 0 Å². The van der Waals surface area contributed by atoms with Gasteiger partial charge in [0.15, 0.2) is 0 Å². The number of esters is 1. The van der Waals surface area contributed by atoms with Crippen molar-refractivity contribution in [2.45, 2.75) is 55.2 Å². The standard InChI is InChI=1S/C22H32N2O5S/c1-5-7-13-29-21(28)16-15-8-9-22(30-15)17(16)19(26)24(11-12-25)18(22)20(27)23(10-6-2)14(3)4/h5-6,14-18,25H,1-2,7-13H2,3-4H3/t15-,16+,17-,18?,22?/m0/s1. The molecule has 0 aromatic rings. The average Bonchev–Trinajstić information content (AvgIpc) is 3.34. The van der Waals surface area contributed by atoms with Gasteiger partial charge in [0.05, 0.1) is 29.8 Å². The molecule has 30 heavy (non-hydrogen) atoms. The third kappa shape index (κ3) is 3.58. The zero-order chi connectivity index (χ0) is 22.1. The van der Waals surface area contributed by atoms with Gasteiger partial charge in [0, 0.05) is 24.4 Å². The highest BCUT2D eigenvalue weighted by molar-refractivity contribution is 8.02. The second kappa shape index (κ2) is 9.14. The van der Waals surface area contributed by atoms with Crippen molar-refractivity contribution in [3.05, 3.63) is 25.3 Å². The largest absolute Gasteiger partial charge is 0.465 e. The summed E-state index contributed by atoms with van der Waals surface area (Å²) in [6, 6.07) is -0.745. The number of fused-ring (bicyclic) bond motifs is 1. The van der Waals surface area contributed by atoms with Crippen LogP contribution in [0.5, 0.6) is 0 Å². The number of carbonyl (C=O) groups is 3. The topological polar surface area (TPSA) is 87.2 Å². The number of rotatable bonds is 10. The lowest BCUT2D eigenvalue weighted by atomic mass is 9.71. The van der Waals surface area contributed by atoms with Gasteiger partial charge in [-0.05, 0) is 33.1 Å². The summed E-state index contributed by atoms with van der Waals surface area (Å²) in [6.07, 6.45) is 5.40. The van der Waals surface area contributed by atoms with Crippen molar-refractivity contribution in [2.75, 3.05) is 26.3 Å². The molecule has 2 amide bonds. The van der Waals surface area contributed by atoms with Crippen molar-refractivity contribution in [1.29, 1.82) is 0 Å². The lowest BCUT2D eigenvalue weighted by Crippen LogP contribution is -2.56. The molecule has 0 saturated carbocycles. The van der Waals surface area contributed by atoms with Crippen LogP contribution in [0.1, 0.15) is 33.1 Å². The number of β-amino-alcohol motifs (C(OH)–C–C–N with tert-alkyl or cyclic N) is 1. The number of hydrogen-bond donors (Lipinski definition) is 1. The number of aliphatic hydroxyl groups excluding tert-OH is 1. The molecule has 0 aliphatic carbocycles. The van der Waals surface area contributed by atoms with Crippen LogP contribution in [0.15, 0.2) is 25.3 Å². The predicted octanol–water partition coefficient (Wildman–Crippen LogP) is 1.61. The first-order valence-electron chi connectivity index (χ1n) is 10.6. The van der Waals surface area contributed by atoms with E-state index in [1.54, 1.807) is 28.8 Å². The van der Waals surface area contributed by atoms with Crippen LogP contribution in [0.3, 0.4) is 0 Å². The molecule has 2 bridgehead atoms. The zero-order valence-corrected chi connectivity index (χ0v) is 18.6. The fourth-order valence-corrected chi connectivity index (χ4v) is 7.44. The van der Waals surface area contributed by atoms with Crippen LogP contribution in [0.25, 0.3) is 0 Å². The molecule has 1 spiro atoms. The molecule has 0 aromatic carbocycles. The zero-order valence-electron chi connectivity index (χ0n) is 17.8. The van der Waals surface area contributed by atoms with Crippen molar-refractivity contribution in [1.82, 2.24) is 9.80 Å². The number of amides is 2. The Bertz CT molecular complexity index is 726. The van der Waals surface area contributed by atoms with Gasteiger partial charge in [0.1, 0.15) is 6.04 Å². The minimum absolute atomic E-state index is 0.0198. The summed E-state index contributed by atoms with van der Waals surface area (Å²) in [6.45, 7) is 11.7. The molecule has 3 fully saturated rings. The molecule has 0 radical (unpaired) electrons. The molecule has 0 aromatic heterocycles. The maximum Gasteiger partial charge on any atom is 0.310 e. The van der Waals surface area contributed by atoms with Crippen molar-refractivity contribution in [3.63, 3.8) is 0 Å². The van der Waals surface area contributed by atoms with Gasteiger partial charge in [-0.25, -0.2) is 0 Å². The summed E-state index contributed by atoms with van der Waals surface area (Å²) in [5, 5.41) is 9.58. The van der Waals surface area contributed by atoms with Gasteiger partial charge in [-0.15, -0.1) is 24.9 Å². The van der Waals surface area contributed by atoms with Crippen LogP contribution in [0.4, 0.5) is 0 Å². The number of thioether (sulfide) groups is 1. The molecule has 5 atom stereocenters. The third-order valence-corrected chi connectivity index (χ3v) is 8.40. The number of carbonyl (C=O) groups excluding carboxylic acids is 3. The molecule has 1 N–H and O–H groups in total. The van der Waals surface area contributed by atoms with Gasteiger partial charge in [0.2, 0.25) is 11.8 Å². The summed E-state index contributed by atoms with van der Waals surface area (Å²) in [5.74, 6) is -1.85. The first-order chi connectivity index (χ1) is 14.3. The second-order valence-electron chi connectivity index (χ2n) is 8.43. The van der Waals surface area contributed by atoms with Crippen molar-refractivity contribution in [2.24, 2.45) is 11.8 Å². The normalized spacial score (nSPS) is 31.7. The molecule has 8 heteroatoms. The molecule has 7 nitrogen and oxygen atoms in total. The monoisotopic (exact) mass is 436 g/mol. The van der Waals surface area contributed by atoms with Crippen LogP contribution in [0.2, 0.25) is 0 Å². The summed E-state index contributed by atoms with van der Waals surface area (Å²) < 4.78 is 4.79. The average molecular weight is 437 g/mol. The molecule has 3 rings (SSSR count). The molecular formula is C22H32N2O5S. The quantitative estimate of drug-likeness (QED) is 0.318. The smallest absolute Gasteiger partial charge is 0.310 e. The van der Waals surface area contributed by atoms with Gasteiger partial charge in [0.25, 0.3) is 0 Å². The molecule has 3 heterocycles. The van der Waals surface area contributed by atoms with Gasteiger partial charge in [-0.3, -0.25) is 14.4 Å². The van der Waals surface area contributed by atoms with E-state index in [4.69, 9.17) is 4.74 Å². The Hall–Kier alpha value is -1.80. The van der Waals surface area contributed by atoms with E-state index < -0.39 is 22.6 Å². The van der Waals surface area contributed by atoms with E-state index in [0.29, 0.717) is 19.4 Å². The van der Waals surface area contributed by atoms with E-state index in [1.165, 1.54) is 4.90 Å². The molecule has 3 aliphatic rings. The predicted molar refractivity (Wildman–Crippen MR) is 116 cm³/mol. The first kappa shape index (κ1) is 22.9. The second-order valence-corrected chi connectivity index (χ2v) is 10.0. The highest BCUT2D eigenvalue weighted by atomic mass is 32.2. The number of ether oxygens (including phenoxy) is 1. The summed E-state index contributed by atoms with van der Waals surface area (Å²) in [4.78, 5) is 43.2. The van der Waals surface area contributed by atoms with E-state index in [-0.39, 0.29) is 48.8 Å². The number of likely N-dealkylation sites (tertiary alicyclic amines) is 1. The highest BCUT2D eigenvalue weighted by Gasteiger charge is 2.74. The van der Waals surface area contributed by atoms with E-state index in [0.717, 1.165) is 6.42 Å². The van der Waals surface area contributed by atoms with Gasteiger partial charge >= 0.3 is 5.97 Å². The van der Waals surface area contributed by atoms with Crippen LogP contribution < -0.4 is 0 Å². The van der Waals surface area contributed by atoms with E-state index in [2.05, 4.69) is 13.2 Å². The Balaban J connectivity index is 1.96. The molecule has 3 saturated heterocycles. The fraction of sp³-hybridized carbons (Fsp3) is 0.682. The Morgan fingerprint density at radius 2 is 2.13 bits per heavy atom. The van der Waals surface area contributed by atoms with E-state index in [1.807, 2.05) is 13.8 Å². The fourth-order valence-electron chi connectivity index (χ4n) is 5.24. The SMILES string of the molecule is C=CCCOC(=O)[C@@H]1[C@@H]2CCC3(S2)C(C(=O)N(CC=C)C(C)C)N(CCO)C(=O)[C@H]13. The number of hydrogen-bond acceptors (Lipinski definition) is 6. The molecule has 166 valence electrons. The minimum Gasteiger partial charge on any atom is -0.465 e. The molecule has 3 aliphatic heterocycles. The van der Waals surface area contributed by atoms with E-state index in [9.17, 15) is 19.5 Å². The third-order valence-electron chi connectivity index (χ3n) is 6.45. The maximum atomic E-state index is 13.7. The van der Waals surface area contributed by atoms with Crippen molar-refractivity contribution >= 4 is 29.5 Å². The summed E-state index contributed by atoms with van der Waals surface area (Å²) >= 11 is 1.60. The van der Waals surface area contributed by atoms with Gasteiger partial charge < -0.3 is 19.6 Å². The molecule has 2 unspecified atom stereocenters. The number of nitrogens with zero attached hydrogens (tertiary/aromatic N) is 2. The highest BCUT2D eigenvalue weighted by Crippen LogP contribution is 2.66. The maximum absolute atomic E-state index is 13.7. The van der Waals surface area contributed by atoms with Crippen LogP contribution in [-0.2, 0) is 19.1 Å². The molecular weight excluding hydrogens is 404 g/mol. The van der Waals surface area contributed by atoms with Crippen LogP contribution in [-0.4, -0.2) is 81.1 Å². The lowest BCUT2D eigenvalue weighted by Gasteiger charge is -2.38. The van der Waals surface area contributed by atoms with Gasteiger partial charge in [-0.2, -0.15) is 0 Å². The van der Waals surface area contributed by atoms with Crippen LogP contribution >= 0.6 is 11.8 Å². The van der Waals surface area contributed by atoms with Crippen molar-refractivity contribution in [3.8, 4) is 0 Å². The Morgan fingerprint density at radius 1 is 1.40 bits per heavy atom. The van der Waals surface area contributed by atoms with Crippen LogP contribution in [0, 0.1) is 11.8 Å². The number of aliphatic hydroxyl groups is 1.